The zero-order valence-electron chi connectivity index (χ0n) is 9.04. The van der Waals surface area contributed by atoms with Crippen LogP contribution < -0.4 is 0 Å². The molecule has 2 nitrogen and oxygen atoms in total. The Hall–Kier alpha value is -1.31. The zero-order chi connectivity index (χ0) is 10.1. The summed E-state index contributed by atoms with van der Waals surface area (Å²) in [6.45, 7) is 6.37. The van der Waals surface area contributed by atoms with Crippen molar-refractivity contribution >= 4 is 5.65 Å². The van der Waals surface area contributed by atoms with Gasteiger partial charge in [0.2, 0.25) is 0 Å². The summed E-state index contributed by atoms with van der Waals surface area (Å²) in [6, 6.07) is 2.24. The largest absolute Gasteiger partial charge is 0.306 e. The number of aromatic nitrogens is 2. The highest BCUT2D eigenvalue weighted by Gasteiger charge is 2.02. The molecule has 2 heterocycles. The van der Waals surface area contributed by atoms with E-state index in [2.05, 4.69) is 41.7 Å². The Morgan fingerprint density at radius 3 is 2.79 bits per heavy atom. The lowest BCUT2D eigenvalue weighted by Gasteiger charge is -2.03. The Labute approximate surface area is 84.6 Å². The van der Waals surface area contributed by atoms with Crippen molar-refractivity contribution in [1.29, 1.82) is 0 Å². The van der Waals surface area contributed by atoms with E-state index in [1.165, 1.54) is 17.5 Å². The van der Waals surface area contributed by atoms with E-state index in [9.17, 15) is 0 Å². The van der Waals surface area contributed by atoms with Crippen molar-refractivity contribution in [3.05, 3.63) is 35.3 Å². The normalized spacial score (nSPS) is 11.1. The molecule has 0 saturated heterocycles. The third-order valence-corrected chi connectivity index (χ3v) is 2.45. The van der Waals surface area contributed by atoms with Crippen LogP contribution in [-0.4, -0.2) is 9.38 Å². The first-order valence-corrected chi connectivity index (χ1v) is 5.15. The van der Waals surface area contributed by atoms with Gasteiger partial charge in [0.25, 0.3) is 0 Å². The van der Waals surface area contributed by atoms with Crippen LogP contribution in [-0.2, 0) is 6.42 Å². The lowest BCUT2D eigenvalue weighted by Crippen LogP contribution is -1.92. The fourth-order valence-electron chi connectivity index (χ4n) is 1.89. The Balaban J connectivity index is 2.59. The molecule has 2 aromatic rings. The van der Waals surface area contributed by atoms with E-state index in [1.807, 2.05) is 6.92 Å². The number of pyridine rings is 1. The van der Waals surface area contributed by atoms with Gasteiger partial charge in [-0.05, 0) is 31.4 Å². The Morgan fingerprint density at radius 2 is 2.07 bits per heavy atom. The molecular formula is C12H16N2. The van der Waals surface area contributed by atoms with E-state index in [4.69, 9.17) is 0 Å². The van der Waals surface area contributed by atoms with Crippen molar-refractivity contribution in [2.75, 3.05) is 0 Å². The lowest BCUT2D eigenvalue weighted by atomic mass is 10.1. The molecule has 0 saturated carbocycles. The first-order chi connectivity index (χ1) is 6.70. The van der Waals surface area contributed by atoms with Crippen LogP contribution in [0.25, 0.3) is 5.65 Å². The van der Waals surface area contributed by atoms with Crippen molar-refractivity contribution < 1.29 is 0 Å². The maximum Gasteiger partial charge on any atom is 0.139 e. The summed E-state index contributed by atoms with van der Waals surface area (Å²) in [6.07, 6.45) is 6.61. The van der Waals surface area contributed by atoms with Crippen molar-refractivity contribution in [2.24, 2.45) is 0 Å². The highest BCUT2D eigenvalue weighted by atomic mass is 15.0. The van der Waals surface area contributed by atoms with Crippen LogP contribution in [0.3, 0.4) is 0 Å². The van der Waals surface area contributed by atoms with Crippen molar-refractivity contribution in [1.82, 2.24) is 9.38 Å². The van der Waals surface area contributed by atoms with Gasteiger partial charge in [-0.2, -0.15) is 0 Å². The minimum absolute atomic E-state index is 1.08. The topological polar surface area (TPSA) is 17.3 Å². The molecule has 0 aliphatic carbocycles. The minimum Gasteiger partial charge on any atom is -0.306 e. The third kappa shape index (κ3) is 1.52. The molecule has 0 aliphatic rings. The van der Waals surface area contributed by atoms with E-state index in [1.54, 1.807) is 0 Å². The Morgan fingerprint density at radius 1 is 1.29 bits per heavy atom. The average Bonchev–Trinajstić information content (AvgIpc) is 2.47. The number of fused-ring (bicyclic) bond motifs is 1. The second-order valence-electron chi connectivity index (χ2n) is 3.89. The van der Waals surface area contributed by atoms with E-state index in [-0.39, 0.29) is 0 Å². The SMILES string of the molecule is CCCc1cc(C)c2nc(C)cn2c1. The predicted octanol–water partition coefficient (Wildman–Crippen LogP) is 2.90. The molecule has 0 atom stereocenters. The lowest BCUT2D eigenvalue weighted by molar-refractivity contribution is 0.906. The van der Waals surface area contributed by atoms with Gasteiger partial charge in [-0.15, -0.1) is 0 Å². The number of hydrogen-bond donors (Lipinski definition) is 0. The molecule has 0 aromatic carbocycles. The number of hydrogen-bond acceptors (Lipinski definition) is 1. The van der Waals surface area contributed by atoms with Crippen LogP contribution in [0, 0.1) is 13.8 Å². The van der Waals surface area contributed by atoms with E-state index in [0.717, 1.165) is 17.8 Å². The van der Waals surface area contributed by atoms with Crippen LogP contribution in [0.4, 0.5) is 0 Å². The van der Waals surface area contributed by atoms with Gasteiger partial charge in [0.15, 0.2) is 0 Å². The molecule has 0 unspecified atom stereocenters. The molecule has 74 valence electrons. The quantitative estimate of drug-likeness (QED) is 0.708. The van der Waals surface area contributed by atoms with Crippen LogP contribution in [0.2, 0.25) is 0 Å². The highest BCUT2D eigenvalue weighted by Crippen LogP contribution is 2.13. The van der Waals surface area contributed by atoms with Gasteiger partial charge >= 0.3 is 0 Å². The maximum absolute atomic E-state index is 4.48. The van der Waals surface area contributed by atoms with Gasteiger partial charge in [0.05, 0.1) is 5.69 Å². The molecule has 2 aromatic heterocycles. The second-order valence-corrected chi connectivity index (χ2v) is 3.89. The van der Waals surface area contributed by atoms with Crippen molar-refractivity contribution in [3.8, 4) is 0 Å². The van der Waals surface area contributed by atoms with Crippen LogP contribution in [0.1, 0.15) is 30.2 Å². The number of nitrogens with zero attached hydrogens (tertiary/aromatic N) is 2. The molecule has 0 aliphatic heterocycles. The van der Waals surface area contributed by atoms with Gasteiger partial charge in [-0.1, -0.05) is 19.4 Å². The summed E-state index contributed by atoms with van der Waals surface area (Å²) in [5.74, 6) is 0. The van der Waals surface area contributed by atoms with E-state index < -0.39 is 0 Å². The molecular weight excluding hydrogens is 172 g/mol. The summed E-state index contributed by atoms with van der Waals surface area (Å²) in [5, 5.41) is 0. The first-order valence-electron chi connectivity index (χ1n) is 5.15. The summed E-state index contributed by atoms with van der Waals surface area (Å²) in [5.41, 5.74) is 4.84. The smallest absolute Gasteiger partial charge is 0.139 e. The van der Waals surface area contributed by atoms with Gasteiger partial charge in [0, 0.05) is 12.4 Å². The van der Waals surface area contributed by atoms with Crippen molar-refractivity contribution in [2.45, 2.75) is 33.6 Å². The van der Waals surface area contributed by atoms with Crippen molar-refractivity contribution in [3.63, 3.8) is 0 Å². The number of imidazole rings is 1. The first kappa shape index (κ1) is 9.25. The molecule has 0 bridgehead atoms. The van der Waals surface area contributed by atoms with Crippen LogP contribution in [0.5, 0.6) is 0 Å². The fourth-order valence-corrected chi connectivity index (χ4v) is 1.89. The summed E-state index contributed by atoms with van der Waals surface area (Å²) < 4.78 is 2.13. The predicted molar refractivity (Wildman–Crippen MR) is 58.7 cm³/mol. The second kappa shape index (κ2) is 3.45. The van der Waals surface area contributed by atoms with E-state index >= 15 is 0 Å². The monoisotopic (exact) mass is 188 g/mol. The Kier molecular flexibility index (Phi) is 2.28. The zero-order valence-corrected chi connectivity index (χ0v) is 9.04. The molecule has 0 fully saturated rings. The maximum atomic E-state index is 4.48. The van der Waals surface area contributed by atoms with Crippen LogP contribution in [0.15, 0.2) is 18.5 Å². The van der Waals surface area contributed by atoms with Gasteiger partial charge in [-0.3, -0.25) is 0 Å². The summed E-state index contributed by atoms with van der Waals surface area (Å²) in [7, 11) is 0. The van der Waals surface area contributed by atoms with Gasteiger partial charge < -0.3 is 4.40 Å². The average molecular weight is 188 g/mol. The Bertz CT molecular complexity index is 455. The molecule has 0 N–H and O–H groups in total. The number of aryl methyl sites for hydroxylation is 3. The summed E-state index contributed by atoms with van der Waals surface area (Å²) >= 11 is 0. The molecule has 2 rings (SSSR count). The third-order valence-electron chi connectivity index (χ3n) is 2.45. The van der Waals surface area contributed by atoms with E-state index in [0.29, 0.717) is 0 Å². The molecule has 0 spiro atoms. The molecule has 14 heavy (non-hydrogen) atoms. The standard InChI is InChI=1S/C12H16N2/c1-4-5-11-6-9(2)12-13-10(3)7-14(12)8-11/h6-8H,4-5H2,1-3H3. The summed E-state index contributed by atoms with van der Waals surface area (Å²) in [4.78, 5) is 4.48. The van der Waals surface area contributed by atoms with Gasteiger partial charge in [-0.25, -0.2) is 4.98 Å². The minimum atomic E-state index is 1.08. The molecule has 2 heteroatoms. The van der Waals surface area contributed by atoms with Gasteiger partial charge in [0.1, 0.15) is 5.65 Å². The number of rotatable bonds is 2. The molecule has 0 amide bonds. The fraction of sp³-hybridized carbons (Fsp3) is 0.417. The van der Waals surface area contributed by atoms with Crippen LogP contribution >= 0.6 is 0 Å². The highest BCUT2D eigenvalue weighted by molar-refractivity contribution is 5.49. The molecule has 0 radical (unpaired) electrons.